The molecule has 5 rings (SSSR count). The Morgan fingerprint density at radius 2 is 1.88 bits per heavy atom. The van der Waals surface area contributed by atoms with Gasteiger partial charge < -0.3 is 10.1 Å². The fourth-order valence-electron chi connectivity index (χ4n) is 4.86. The summed E-state index contributed by atoms with van der Waals surface area (Å²) < 4.78 is 5.29. The first kappa shape index (κ1) is 21.5. The first-order valence-electron chi connectivity index (χ1n) is 11.2. The van der Waals surface area contributed by atoms with Gasteiger partial charge in [0, 0.05) is 29.0 Å². The van der Waals surface area contributed by atoms with Gasteiger partial charge in [-0.25, -0.2) is 0 Å². The molecule has 1 amide bonds. The van der Waals surface area contributed by atoms with E-state index >= 15 is 0 Å². The van der Waals surface area contributed by atoms with Crippen LogP contribution in [0.5, 0.6) is 5.75 Å². The lowest BCUT2D eigenvalue weighted by Gasteiger charge is -2.34. The topological polar surface area (TPSA) is 58.6 Å². The summed E-state index contributed by atoms with van der Waals surface area (Å²) in [7, 11) is 1.65. The fourth-order valence-corrected chi connectivity index (χ4v) is 5.69. The maximum atomic E-state index is 13.7. The van der Waals surface area contributed by atoms with E-state index < -0.39 is 6.04 Å². The highest BCUT2D eigenvalue weighted by Gasteiger charge is 2.41. The molecular weight excluding hydrogens is 432 g/mol. The molecule has 2 atom stereocenters. The van der Waals surface area contributed by atoms with Crippen LogP contribution in [-0.2, 0) is 9.59 Å². The van der Waals surface area contributed by atoms with E-state index in [1.54, 1.807) is 18.4 Å². The summed E-state index contributed by atoms with van der Waals surface area (Å²) in [4.78, 5) is 29.8. The molecule has 0 saturated heterocycles. The number of nitrogens with zero attached hydrogens (tertiary/aromatic N) is 1. The number of carbonyl (C=O) groups excluding carboxylic acids is 2. The number of allylic oxidation sites excluding steroid dienone is 1. The summed E-state index contributed by atoms with van der Waals surface area (Å²) >= 11 is 1.58. The van der Waals surface area contributed by atoms with E-state index in [4.69, 9.17) is 4.74 Å². The Morgan fingerprint density at radius 1 is 1.09 bits per heavy atom. The maximum absolute atomic E-state index is 13.7. The molecule has 1 aliphatic heterocycles. The second-order valence-corrected chi connectivity index (χ2v) is 9.35. The number of hydrogen-bond acceptors (Lipinski definition) is 5. The van der Waals surface area contributed by atoms with Crippen LogP contribution in [0.2, 0.25) is 0 Å². The molecular formula is C27H26N2O3S. The van der Waals surface area contributed by atoms with Crippen molar-refractivity contribution in [3.63, 3.8) is 0 Å². The zero-order valence-corrected chi connectivity index (χ0v) is 19.5. The first-order chi connectivity index (χ1) is 16.1. The van der Waals surface area contributed by atoms with Crippen LogP contribution in [0.25, 0.3) is 0 Å². The summed E-state index contributed by atoms with van der Waals surface area (Å²) in [5.41, 5.74) is 4.40. The van der Waals surface area contributed by atoms with Crippen molar-refractivity contribution in [2.24, 2.45) is 0 Å². The minimum Gasteiger partial charge on any atom is -0.497 e. The van der Waals surface area contributed by atoms with Gasteiger partial charge in [0.05, 0.1) is 18.5 Å². The Morgan fingerprint density at radius 3 is 2.58 bits per heavy atom. The van der Waals surface area contributed by atoms with E-state index in [9.17, 15) is 9.59 Å². The number of ether oxygens (including phenoxy) is 1. The number of benzene rings is 2. The third-order valence-corrected chi connectivity index (χ3v) is 7.38. The molecule has 6 heteroatoms. The molecule has 0 saturated carbocycles. The van der Waals surface area contributed by atoms with Crippen molar-refractivity contribution in [2.75, 3.05) is 17.3 Å². The molecule has 1 aliphatic carbocycles. The SMILES string of the molecule is CCC(=O)N1c2ccccc2NC2=C(C(=O)C[C@@H](c3ccc(OC)cc3)C2)[C@@H]1c1cccs1. The number of rotatable bonds is 4. The van der Waals surface area contributed by atoms with Gasteiger partial charge in [0.15, 0.2) is 5.78 Å². The number of para-hydroxylation sites is 2. The molecule has 0 unspecified atom stereocenters. The number of fused-ring (bicyclic) bond motifs is 1. The summed E-state index contributed by atoms with van der Waals surface area (Å²) in [5.74, 6) is 0.958. The maximum Gasteiger partial charge on any atom is 0.227 e. The van der Waals surface area contributed by atoms with Crippen molar-refractivity contribution in [1.29, 1.82) is 0 Å². The first-order valence-corrected chi connectivity index (χ1v) is 12.1. The summed E-state index contributed by atoms with van der Waals surface area (Å²) in [6.07, 6.45) is 1.48. The van der Waals surface area contributed by atoms with Crippen molar-refractivity contribution in [1.82, 2.24) is 0 Å². The Balaban J connectivity index is 1.65. The average Bonchev–Trinajstić information content (AvgIpc) is 3.33. The van der Waals surface area contributed by atoms with Gasteiger partial charge in [-0.3, -0.25) is 14.5 Å². The number of carbonyl (C=O) groups is 2. The Bertz CT molecular complexity index is 1210. The second kappa shape index (κ2) is 8.87. The van der Waals surface area contributed by atoms with Crippen molar-refractivity contribution >= 4 is 34.4 Å². The van der Waals surface area contributed by atoms with Gasteiger partial charge in [0.25, 0.3) is 0 Å². The highest BCUT2D eigenvalue weighted by atomic mass is 32.1. The minimum absolute atomic E-state index is 0.00137. The van der Waals surface area contributed by atoms with Crippen LogP contribution in [0.1, 0.15) is 48.6 Å². The number of Topliss-reactive ketones (excluding diaryl/α,β-unsaturated/α-hetero) is 1. The molecule has 2 aliphatic rings. The third kappa shape index (κ3) is 3.85. The Hall–Kier alpha value is -3.38. The van der Waals surface area contributed by atoms with Gasteiger partial charge in [0.1, 0.15) is 11.8 Å². The third-order valence-electron chi connectivity index (χ3n) is 6.46. The summed E-state index contributed by atoms with van der Waals surface area (Å²) in [6, 6.07) is 19.4. The van der Waals surface area contributed by atoms with Crippen LogP contribution < -0.4 is 15.0 Å². The number of hydrogen-bond donors (Lipinski definition) is 1. The summed E-state index contributed by atoms with van der Waals surface area (Å²) in [6.45, 7) is 1.87. The lowest BCUT2D eigenvalue weighted by atomic mass is 9.79. The van der Waals surface area contributed by atoms with Crippen LogP contribution in [0, 0.1) is 0 Å². The molecule has 0 bridgehead atoms. The van der Waals surface area contributed by atoms with Gasteiger partial charge in [0.2, 0.25) is 5.91 Å². The zero-order valence-electron chi connectivity index (χ0n) is 18.7. The zero-order chi connectivity index (χ0) is 22.9. The van der Waals surface area contributed by atoms with Gasteiger partial charge in [-0.05, 0) is 53.6 Å². The van der Waals surface area contributed by atoms with Crippen LogP contribution >= 0.6 is 11.3 Å². The van der Waals surface area contributed by atoms with Gasteiger partial charge >= 0.3 is 0 Å². The molecule has 0 radical (unpaired) electrons. The largest absolute Gasteiger partial charge is 0.497 e. The Labute approximate surface area is 197 Å². The minimum atomic E-state index is -0.423. The highest BCUT2D eigenvalue weighted by molar-refractivity contribution is 7.10. The Kier molecular flexibility index (Phi) is 5.77. The van der Waals surface area contributed by atoms with Crippen molar-refractivity contribution in [3.8, 4) is 5.75 Å². The predicted octanol–water partition coefficient (Wildman–Crippen LogP) is 6.07. The van der Waals surface area contributed by atoms with Crippen LogP contribution in [0.15, 0.2) is 77.3 Å². The van der Waals surface area contributed by atoms with E-state index in [1.165, 1.54) is 0 Å². The van der Waals surface area contributed by atoms with E-state index in [0.29, 0.717) is 24.8 Å². The molecule has 2 aromatic carbocycles. The van der Waals surface area contributed by atoms with E-state index in [1.807, 2.05) is 77.9 Å². The second-order valence-electron chi connectivity index (χ2n) is 8.37. The molecule has 2 heterocycles. The molecule has 3 aromatic rings. The van der Waals surface area contributed by atoms with Gasteiger partial charge in [-0.15, -0.1) is 11.3 Å². The number of anilines is 2. The lowest BCUT2D eigenvalue weighted by Crippen LogP contribution is -2.37. The lowest BCUT2D eigenvalue weighted by molar-refractivity contribution is -0.118. The molecule has 168 valence electrons. The standard InChI is InChI=1S/C27H26N2O3S/c1-3-25(31)29-22-8-5-4-7-20(22)28-21-15-18(17-10-12-19(32-2)13-11-17)16-23(30)26(21)27(29)24-9-6-14-33-24/h4-14,18,27-28H,3,15-16H2,1-2H3/t18-,27-/m0/s1. The van der Waals surface area contributed by atoms with Gasteiger partial charge in [-0.1, -0.05) is 37.3 Å². The van der Waals surface area contributed by atoms with Crippen LogP contribution in [0.4, 0.5) is 11.4 Å². The highest BCUT2D eigenvalue weighted by Crippen LogP contribution is 2.48. The molecule has 5 nitrogen and oxygen atoms in total. The summed E-state index contributed by atoms with van der Waals surface area (Å²) in [5, 5.41) is 5.56. The quantitative estimate of drug-likeness (QED) is 0.516. The van der Waals surface area contributed by atoms with E-state index in [2.05, 4.69) is 5.32 Å². The van der Waals surface area contributed by atoms with E-state index in [0.717, 1.165) is 33.3 Å². The molecule has 0 fully saturated rings. The fraction of sp³-hybridized carbons (Fsp3) is 0.259. The van der Waals surface area contributed by atoms with Crippen LogP contribution in [-0.4, -0.2) is 18.8 Å². The predicted molar refractivity (Wildman–Crippen MR) is 132 cm³/mol. The van der Waals surface area contributed by atoms with Crippen molar-refractivity contribution in [2.45, 2.75) is 38.1 Å². The molecule has 1 aromatic heterocycles. The average molecular weight is 459 g/mol. The van der Waals surface area contributed by atoms with Crippen molar-refractivity contribution in [3.05, 3.63) is 87.8 Å². The van der Waals surface area contributed by atoms with Crippen molar-refractivity contribution < 1.29 is 14.3 Å². The number of amides is 1. The number of thiophene rings is 1. The monoisotopic (exact) mass is 458 g/mol. The molecule has 33 heavy (non-hydrogen) atoms. The smallest absolute Gasteiger partial charge is 0.227 e. The number of ketones is 1. The van der Waals surface area contributed by atoms with Gasteiger partial charge in [-0.2, -0.15) is 0 Å². The van der Waals surface area contributed by atoms with Crippen LogP contribution in [0.3, 0.4) is 0 Å². The molecule has 1 N–H and O–H groups in total. The molecule has 0 spiro atoms. The number of methoxy groups -OCH3 is 1. The number of nitrogens with one attached hydrogen (secondary N) is 1. The van der Waals surface area contributed by atoms with E-state index in [-0.39, 0.29) is 17.6 Å². The normalized spacial score (nSPS) is 19.9.